The number of thiophene rings is 1. The Morgan fingerprint density at radius 2 is 1.85 bits per heavy atom. The highest BCUT2D eigenvalue weighted by Gasteiger charge is 2.11. The lowest BCUT2D eigenvalue weighted by Gasteiger charge is -2.05. The van der Waals surface area contributed by atoms with Crippen molar-refractivity contribution in [3.05, 3.63) is 65.0 Å². The van der Waals surface area contributed by atoms with E-state index in [-0.39, 0.29) is 5.91 Å². The molecule has 0 aliphatic heterocycles. The van der Waals surface area contributed by atoms with Crippen molar-refractivity contribution in [3.8, 4) is 0 Å². The zero-order valence-corrected chi connectivity index (χ0v) is 11.6. The van der Waals surface area contributed by atoms with Gasteiger partial charge in [-0.2, -0.15) is 0 Å². The second-order valence-electron chi connectivity index (χ2n) is 4.57. The fourth-order valence-corrected chi connectivity index (χ4v) is 3.01. The normalized spacial score (nSPS) is 10.6. The number of carbonyl (C=O) groups excluding carboxylic acids is 1. The molecule has 2 aromatic carbocycles. The number of fused-ring (bicyclic) bond motifs is 1. The quantitative estimate of drug-likeness (QED) is 0.723. The number of carbonyl (C=O) groups is 1. The number of nitrogen functional groups attached to an aromatic ring is 1. The molecule has 4 heteroatoms. The van der Waals surface area contributed by atoms with E-state index < -0.39 is 0 Å². The molecule has 20 heavy (non-hydrogen) atoms. The summed E-state index contributed by atoms with van der Waals surface area (Å²) in [6.07, 6.45) is 0. The van der Waals surface area contributed by atoms with Gasteiger partial charge in [-0.05, 0) is 23.8 Å². The first-order chi connectivity index (χ1) is 9.74. The molecule has 3 aromatic rings. The van der Waals surface area contributed by atoms with E-state index in [1.807, 2.05) is 53.9 Å². The SMILES string of the molecule is Nc1ccc(CNC(=O)c2csc3ccccc23)cc1. The van der Waals surface area contributed by atoms with Crippen molar-refractivity contribution in [2.45, 2.75) is 6.54 Å². The molecule has 0 spiro atoms. The first kappa shape index (κ1) is 12.7. The molecule has 0 fully saturated rings. The maximum absolute atomic E-state index is 12.2. The summed E-state index contributed by atoms with van der Waals surface area (Å²) in [5.41, 5.74) is 8.13. The summed E-state index contributed by atoms with van der Waals surface area (Å²) in [5.74, 6) is -0.0423. The summed E-state index contributed by atoms with van der Waals surface area (Å²) in [6, 6.07) is 15.4. The van der Waals surface area contributed by atoms with Gasteiger partial charge < -0.3 is 11.1 Å². The van der Waals surface area contributed by atoms with Gasteiger partial charge in [-0.1, -0.05) is 30.3 Å². The number of nitrogens with one attached hydrogen (secondary N) is 1. The van der Waals surface area contributed by atoms with Crippen LogP contribution in [0, 0.1) is 0 Å². The summed E-state index contributed by atoms with van der Waals surface area (Å²) in [6.45, 7) is 0.503. The van der Waals surface area contributed by atoms with Gasteiger partial charge in [0.2, 0.25) is 0 Å². The second-order valence-corrected chi connectivity index (χ2v) is 5.48. The molecule has 3 N–H and O–H groups in total. The topological polar surface area (TPSA) is 55.1 Å². The second kappa shape index (κ2) is 5.35. The van der Waals surface area contributed by atoms with Crippen LogP contribution in [0.15, 0.2) is 53.9 Å². The van der Waals surface area contributed by atoms with Crippen molar-refractivity contribution in [3.63, 3.8) is 0 Å². The van der Waals surface area contributed by atoms with Crippen LogP contribution in [0.4, 0.5) is 5.69 Å². The van der Waals surface area contributed by atoms with Crippen LogP contribution in [0.1, 0.15) is 15.9 Å². The molecule has 0 bridgehead atoms. The van der Waals surface area contributed by atoms with E-state index in [4.69, 9.17) is 5.73 Å². The minimum atomic E-state index is -0.0423. The Balaban J connectivity index is 1.75. The summed E-state index contributed by atoms with van der Waals surface area (Å²) in [4.78, 5) is 12.2. The third-order valence-corrected chi connectivity index (χ3v) is 4.12. The molecule has 1 aromatic heterocycles. The molecule has 1 heterocycles. The van der Waals surface area contributed by atoms with E-state index in [9.17, 15) is 4.79 Å². The van der Waals surface area contributed by atoms with Crippen LogP contribution in [-0.4, -0.2) is 5.91 Å². The summed E-state index contributed by atoms with van der Waals surface area (Å²) in [5, 5.41) is 5.85. The van der Waals surface area contributed by atoms with Gasteiger partial charge in [0, 0.05) is 27.7 Å². The molecular weight excluding hydrogens is 268 g/mol. The molecule has 0 radical (unpaired) electrons. The summed E-state index contributed by atoms with van der Waals surface area (Å²) >= 11 is 1.59. The highest BCUT2D eigenvalue weighted by atomic mass is 32.1. The number of anilines is 1. The molecule has 0 atom stereocenters. The van der Waals surface area contributed by atoms with Gasteiger partial charge in [0.25, 0.3) is 5.91 Å². The van der Waals surface area contributed by atoms with E-state index in [1.165, 1.54) is 0 Å². The predicted octanol–water partition coefficient (Wildman–Crippen LogP) is 3.41. The Hall–Kier alpha value is -2.33. The van der Waals surface area contributed by atoms with E-state index in [2.05, 4.69) is 5.32 Å². The zero-order valence-electron chi connectivity index (χ0n) is 10.8. The lowest BCUT2D eigenvalue weighted by atomic mass is 10.1. The van der Waals surface area contributed by atoms with Crippen LogP contribution < -0.4 is 11.1 Å². The third kappa shape index (κ3) is 2.51. The summed E-state index contributed by atoms with van der Waals surface area (Å²) in [7, 11) is 0. The molecule has 100 valence electrons. The number of amides is 1. The van der Waals surface area contributed by atoms with Crippen LogP contribution >= 0.6 is 11.3 Å². The van der Waals surface area contributed by atoms with Gasteiger partial charge in [-0.15, -0.1) is 11.3 Å². The minimum absolute atomic E-state index is 0.0423. The van der Waals surface area contributed by atoms with Gasteiger partial charge in [-0.3, -0.25) is 4.79 Å². The number of hydrogen-bond donors (Lipinski definition) is 2. The average Bonchev–Trinajstić information content (AvgIpc) is 2.90. The van der Waals surface area contributed by atoms with Crippen molar-refractivity contribution in [1.29, 1.82) is 0 Å². The molecule has 0 saturated heterocycles. The number of rotatable bonds is 3. The lowest BCUT2D eigenvalue weighted by molar-refractivity contribution is 0.0953. The Kier molecular flexibility index (Phi) is 3.39. The zero-order chi connectivity index (χ0) is 13.9. The highest BCUT2D eigenvalue weighted by molar-refractivity contribution is 7.17. The molecule has 0 saturated carbocycles. The van der Waals surface area contributed by atoms with E-state index in [0.717, 1.165) is 26.9 Å². The van der Waals surface area contributed by atoms with E-state index in [1.54, 1.807) is 11.3 Å². The fourth-order valence-electron chi connectivity index (χ4n) is 2.07. The first-order valence-corrected chi connectivity index (χ1v) is 7.21. The maximum atomic E-state index is 12.2. The smallest absolute Gasteiger partial charge is 0.253 e. The van der Waals surface area contributed by atoms with E-state index >= 15 is 0 Å². The van der Waals surface area contributed by atoms with Crippen molar-refractivity contribution < 1.29 is 4.79 Å². The molecule has 1 amide bonds. The van der Waals surface area contributed by atoms with Crippen LogP contribution in [0.2, 0.25) is 0 Å². The lowest BCUT2D eigenvalue weighted by Crippen LogP contribution is -2.22. The van der Waals surface area contributed by atoms with Crippen molar-refractivity contribution in [2.24, 2.45) is 0 Å². The molecule has 3 nitrogen and oxygen atoms in total. The van der Waals surface area contributed by atoms with Gasteiger partial charge >= 0.3 is 0 Å². The van der Waals surface area contributed by atoms with Gasteiger partial charge in [0.05, 0.1) is 5.56 Å². The number of benzene rings is 2. The van der Waals surface area contributed by atoms with Crippen LogP contribution in [0.25, 0.3) is 10.1 Å². The summed E-state index contributed by atoms with van der Waals surface area (Å²) < 4.78 is 1.13. The monoisotopic (exact) mass is 282 g/mol. The largest absolute Gasteiger partial charge is 0.399 e. The Labute approximate surface area is 121 Å². The molecular formula is C16H14N2OS. The number of nitrogens with two attached hydrogens (primary N) is 1. The first-order valence-electron chi connectivity index (χ1n) is 6.33. The van der Waals surface area contributed by atoms with Crippen LogP contribution in [-0.2, 0) is 6.54 Å². The number of hydrogen-bond acceptors (Lipinski definition) is 3. The highest BCUT2D eigenvalue weighted by Crippen LogP contribution is 2.25. The standard InChI is InChI=1S/C16H14N2OS/c17-12-7-5-11(6-8-12)9-18-16(19)14-10-20-15-4-2-1-3-13(14)15/h1-8,10H,9,17H2,(H,18,19). The molecule has 0 aliphatic rings. The minimum Gasteiger partial charge on any atom is -0.399 e. The molecule has 3 rings (SSSR count). The Morgan fingerprint density at radius 3 is 2.65 bits per heavy atom. The fraction of sp³-hybridized carbons (Fsp3) is 0.0625. The average molecular weight is 282 g/mol. The third-order valence-electron chi connectivity index (χ3n) is 3.16. The van der Waals surface area contributed by atoms with Gasteiger partial charge in [-0.25, -0.2) is 0 Å². The van der Waals surface area contributed by atoms with Crippen LogP contribution in [0.5, 0.6) is 0 Å². The van der Waals surface area contributed by atoms with E-state index in [0.29, 0.717) is 6.54 Å². The molecule has 0 unspecified atom stereocenters. The van der Waals surface area contributed by atoms with Crippen molar-refractivity contribution in [1.82, 2.24) is 5.32 Å². The Bertz CT molecular complexity index is 747. The maximum Gasteiger partial charge on any atom is 0.253 e. The molecule has 0 aliphatic carbocycles. The van der Waals surface area contributed by atoms with Gasteiger partial charge in [0.15, 0.2) is 0 Å². The predicted molar refractivity (Wildman–Crippen MR) is 83.8 cm³/mol. The van der Waals surface area contributed by atoms with Crippen molar-refractivity contribution >= 4 is 33.0 Å². The van der Waals surface area contributed by atoms with Gasteiger partial charge in [0.1, 0.15) is 0 Å². The van der Waals surface area contributed by atoms with Crippen LogP contribution in [0.3, 0.4) is 0 Å². The van der Waals surface area contributed by atoms with Crippen molar-refractivity contribution in [2.75, 3.05) is 5.73 Å². The Morgan fingerprint density at radius 1 is 1.10 bits per heavy atom.